The number of carbonyl (C=O) groups is 1. The fourth-order valence-electron chi connectivity index (χ4n) is 1.96. The molecule has 0 saturated heterocycles. The van der Waals surface area contributed by atoms with E-state index >= 15 is 0 Å². The van der Waals surface area contributed by atoms with Gasteiger partial charge in [0.25, 0.3) is 0 Å². The van der Waals surface area contributed by atoms with Gasteiger partial charge in [0.1, 0.15) is 17.4 Å². The molecule has 0 bridgehead atoms. The molecule has 0 unspecified atom stereocenters. The van der Waals surface area contributed by atoms with Crippen LogP contribution in [0.2, 0.25) is 0 Å². The van der Waals surface area contributed by atoms with Crippen LogP contribution in [0.5, 0.6) is 0 Å². The van der Waals surface area contributed by atoms with E-state index in [0.29, 0.717) is 12.2 Å². The lowest BCUT2D eigenvalue weighted by Crippen LogP contribution is -2.29. The number of benzene rings is 1. The van der Waals surface area contributed by atoms with Crippen molar-refractivity contribution in [3.05, 3.63) is 29.6 Å². The van der Waals surface area contributed by atoms with E-state index in [0.717, 1.165) is 12.8 Å². The fraction of sp³-hybridized carbons (Fsp3) is 0.385. The van der Waals surface area contributed by atoms with Gasteiger partial charge in [0.2, 0.25) is 0 Å². The van der Waals surface area contributed by atoms with Gasteiger partial charge in [-0.2, -0.15) is 5.26 Å². The lowest BCUT2D eigenvalue weighted by molar-refractivity contribution is -0.136. The molecule has 18 heavy (non-hydrogen) atoms. The second-order valence-electron chi connectivity index (χ2n) is 4.31. The Labute approximate surface area is 104 Å². The molecule has 0 amide bonds. The summed E-state index contributed by atoms with van der Waals surface area (Å²) in [4.78, 5) is 12.5. The zero-order valence-corrected chi connectivity index (χ0v) is 9.77. The van der Waals surface area contributed by atoms with E-state index in [1.165, 1.54) is 6.07 Å². The summed E-state index contributed by atoms with van der Waals surface area (Å²) in [6, 6.07) is 6.54. The average Bonchev–Trinajstić information content (AvgIpc) is 3.13. The molecule has 0 heterocycles. The molecule has 1 aromatic carbocycles. The smallest absolute Gasteiger partial charge is 0.305 e. The Balaban J connectivity index is 2.28. The Bertz CT molecular complexity index is 506. The van der Waals surface area contributed by atoms with Gasteiger partial charge in [0, 0.05) is 12.6 Å². The van der Waals surface area contributed by atoms with E-state index in [-0.39, 0.29) is 18.0 Å². The second kappa shape index (κ2) is 5.05. The van der Waals surface area contributed by atoms with Crippen molar-refractivity contribution in [2.45, 2.75) is 25.3 Å². The van der Waals surface area contributed by atoms with Gasteiger partial charge in [0.15, 0.2) is 0 Å². The number of carboxylic acids is 1. The Kier molecular flexibility index (Phi) is 3.47. The predicted molar refractivity (Wildman–Crippen MR) is 63.7 cm³/mol. The first kappa shape index (κ1) is 12.4. The normalized spacial score (nSPS) is 14.0. The standard InChI is InChI=1S/C13H13FN2O2/c14-11-2-1-3-12(10(11)8-15)16(9-4-5-9)7-6-13(17)18/h1-3,9H,4-7H2,(H,17,18). The van der Waals surface area contributed by atoms with Crippen LogP contribution in [0.4, 0.5) is 10.1 Å². The van der Waals surface area contributed by atoms with Gasteiger partial charge < -0.3 is 10.0 Å². The van der Waals surface area contributed by atoms with Crippen LogP contribution in [-0.2, 0) is 4.79 Å². The number of halogens is 1. The number of rotatable bonds is 5. The molecular formula is C13H13FN2O2. The van der Waals surface area contributed by atoms with Crippen LogP contribution in [-0.4, -0.2) is 23.7 Å². The van der Waals surface area contributed by atoms with E-state index in [1.807, 2.05) is 11.0 Å². The van der Waals surface area contributed by atoms with E-state index in [1.54, 1.807) is 12.1 Å². The van der Waals surface area contributed by atoms with Crippen molar-refractivity contribution in [1.29, 1.82) is 5.26 Å². The molecule has 4 nitrogen and oxygen atoms in total. The summed E-state index contributed by atoms with van der Waals surface area (Å²) in [6.45, 7) is 0.304. The highest BCUT2D eigenvalue weighted by molar-refractivity contribution is 5.68. The molecule has 94 valence electrons. The lowest BCUT2D eigenvalue weighted by atomic mass is 10.1. The van der Waals surface area contributed by atoms with Crippen LogP contribution < -0.4 is 4.90 Å². The minimum Gasteiger partial charge on any atom is -0.481 e. The number of hydrogen-bond donors (Lipinski definition) is 1. The number of aliphatic carboxylic acids is 1. The van der Waals surface area contributed by atoms with Gasteiger partial charge in [-0.25, -0.2) is 4.39 Å². The van der Waals surface area contributed by atoms with Gasteiger partial charge in [0.05, 0.1) is 12.1 Å². The summed E-state index contributed by atoms with van der Waals surface area (Å²) in [5, 5.41) is 17.7. The zero-order valence-electron chi connectivity index (χ0n) is 9.77. The Morgan fingerprint density at radius 2 is 2.28 bits per heavy atom. The molecule has 0 aliphatic heterocycles. The van der Waals surface area contributed by atoms with E-state index in [9.17, 15) is 9.18 Å². The van der Waals surface area contributed by atoms with Crippen molar-refractivity contribution >= 4 is 11.7 Å². The summed E-state index contributed by atoms with van der Waals surface area (Å²) in [6.07, 6.45) is 1.90. The number of carboxylic acid groups (broad SMARTS) is 1. The molecule has 1 fully saturated rings. The van der Waals surface area contributed by atoms with Crippen molar-refractivity contribution in [2.24, 2.45) is 0 Å². The first-order valence-corrected chi connectivity index (χ1v) is 5.80. The molecule has 2 rings (SSSR count). The van der Waals surface area contributed by atoms with Gasteiger partial charge in [-0.1, -0.05) is 6.07 Å². The molecule has 0 aromatic heterocycles. The number of nitriles is 1. The third-order valence-electron chi connectivity index (χ3n) is 2.97. The molecule has 1 aliphatic carbocycles. The summed E-state index contributed by atoms with van der Waals surface area (Å²) >= 11 is 0. The molecule has 5 heteroatoms. The quantitative estimate of drug-likeness (QED) is 0.867. The number of hydrogen-bond acceptors (Lipinski definition) is 3. The molecule has 1 aliphatic rings. The van der Waals surface area contributed by atoms with Crippen LogP contribution in [0.1, 0.15) is 24.8 Å². The molecule has 1 saturated carbocycles. The van der Waals surface area contributed by atoms with Crippen LogP contribution in [0.15, 0.2) is 18.2 Å². The van der Waals surface area contributed by atoms with Crippen molar-refractivity contribution in [3.8, 4) is 6.07 Å². The van der Waals surface area contributed by atoms with Crippen molar-refractivity contribution in [1.82, 2.24) is 0 Å². The highest BCUT2D eigenvalue weighted by atomic mass is 19.1. The van der Waals surface area contributed by atoms with E-state index in [2.05, 4.69) is 0 Å². The molecular weight excluding hydrogens is 235 g/mol. The topological polar surface area (TPSA) is 64.3 Å². The van der Waals surface area contributed by atoms with E-state index < -0.39 is 11.8 Å². The summed E-state index contributed by atoms with van der Waals surface area (Å²) in [5.74, 6) is -1.45. The van der Waals surface area contributed by atoms with Gasteiger partial charge in [-0.15, -0.1) is 0 Å². The van der Waals surface area contributed by atoms with Crippen LogP contribution in [0.3, 0.4) is 0 Å². The maximum absolute atomic E-state index is 13.5. The van der Waals surface area contributed by atoms with Crippen molar-refractivity contribution < 1.29 is 14.3 Å². The van der Waals surface area contributed by atoms with Gasteiger partial charge >= 0.3 is 5.97 Å². The maximum atomic E-state index is 13.5. The molecule has 1 N–H and O–H groups in total. The molecule has 1 aromatic rings. The number of anilines is 1. The maximum Gasteiger partial charge on any atom is 0.305 e. The third-order valence-corrected chi connectivity index (χ3v) is 2.97. The monoisotopic (exact) mass is 248 g/mol. The summed E-state index contributed by atoms with van der Waals surface area (Å²) < 4.78 is 13.5. The zero-order chi connectivity index (χ0) is 13.1. The molecule has 0 radical (unpaired) electrons. The van der Waals surface area contributed by atoms with Crippen molar-refractivity contribution in [2.75, 3.05) is 11.4 Å². The number of nitrogens with zero attached hydrogens (tertiary/aromatic N) is 2. The highest BCUT2D eigenvalue weighted by Crippen LogP contribution is 2.34. The lowest BCUT2D eigenvalue weighted by Gasteiger charge is -2.25. The molecule has 0 atom stereocenters. The van der Waals surface area contributed by atoms with Crippen molar-refractivity contribution in [3.63, 3.8) is 0 Å². The highest BCUT2D eigenvalue weighted by Gasteiger charge is 2.31. The minimum absolute atomic E-state index is 0.00483. The fourth-order valence-corrected chi connectivity index (χ4v) is 1.96. The predicted octanol–water partition coefficient (Wildman–Crippen LogP) is 2.14. The van der Waals surface area contributed by atoms with Crippen LogP contribution in [0.25, 0.3) is 0 Å². The summed E-state index contributed by atoms with van der Waals surface area (Å²) in [7, 11) is 0. The summed E-state index contributed by atoms with van der Waals surface area (Å²) in [5.41, 5.74) is 0.496. The largest absolute Gasteiger partial charge is 0.481 e. The van der Waals surface area contributed by atoms with Crippen LogP contribution in [0, 0.1) is 17.1 Å². The first-order valence-electron chi connectivity index (χ1n) is 5.80. The Morgan fingerprint density at radius 3 is 2.83 bits per heavy atom. The Hall–Kier alpha value is -2.09. The second-order valence-corrected chi connectivity index (χ2v) is 4.31. The van der Waals surface area contributed by atoms with Gasteiger partial charge in [-0.3, -0.25) is 4.79 Å². The van der Waals surface area contributed by atoms with E-state index in [4.69, 9.17) is 10.4 Å². The van der Waals surface area contributed by atoms with Crippen LogP contribution >= 0.6 is 0 Å². The third kappa shape index (κ3) is 2.59. The average molecular weight is 248 g/mol. The molecule has 0 spiro atoms. The minimum atomic E-state index is -0.893. The SMILES string of the molecule is N#Cc1c(F)cccc1N(CCC(=O)O)C1CC1. The first-order chi connectivity index (χ1) is 8.63. The van der Waals surface area contributed by atoms with Gasteiger partial charge in [-0.05, 0) is 25.0 Å². The Morgan fingerprint density at radius 1 is 1.56 bits per heavy atom.